The minimum Gasteiger partial charge on any atom is -0.462 e. The van der Waals surface area contributed by atoms with Crippen LogP contribution in [0, 0.1) is 0 Å². The highest BCUT2D eigenvalue weighted by Crippen LogP contribution is 2.21. The smallest absolute Gasteiger partial charge is 0.338 e. The fraction of sp³-hybridized carbons (Fsp3) is 0.192. The summed E-state index contributed by atoms with van der Waals surface area (Å²) in [6.45, 7) is 3.09. The SMILES string of the molecule is CCOC(=O)c1ccc2c(c1)sc(=NC(=O)c1ccc(-c3ccccc3)cc1)n2CCOC. The van der Waals surface area contributed by atoms with E-state index < -0.39 is 0 Å². The molecule has 1 heterocycles. The van der Waals surface area contributed by atoms with E-state index in [1.807, 2.05) is 53.1 Å². The number of hydrogen-bond donors (Lipinski definition) is 0. The fourth-order valence-electron chi connectivity index (χ4n) is 3.49. The van der Waals surface area contributed by atoms with Gasteiger partial charge in [-0.1, -0.05) is 53.8 Å². The summed E-state index contributed by atoms with van der Waals surface area (Å²) in [7, 11) is 1.63. The Morgan fingerprint density at radius 3 is 2.33 bits per heavy atom. The van der Waals surface area contributed by atoms with Gasteiger partial charge in [0, 0.05) is 19.2 Å². The van der Waals surface area contributed by atoms with Crippen LogP contribution in [0.4, 0.5) is 0 Å². The number of nitrogens with zero attached hydrogens (tertiary/aromatic N) is 2. The summed E-state index contributed by atoms with van der Waals surface area (Å²) in [5.41, 5.74) is 4.00. The number of amides is 1. The summed E-state index contributed by atoms with van der Waals surface area (Å²) in [6, 6.07) is 22.8. The Morgan fingerprint density at radius 2 is 1.64 bits per heavy atom. The summed E-state index contributed by atoms with van der Waals surface area (Å²) < 4.78 is 13.1. The van der Waals surface area contributed by atoms with Crippen molar-refractivity contribution in [1.29, 1.82) is 0 Å². The second kappa shape index (κ2) is 10.4. The molecule has 0 bridgehead atoms. The number of aromatic nitrogens is 1. The Morgan fingerprint density at radius 1 is 0.939 bits per heavy atom. The monoisotopic (exact) mass is 460 g/mol. The minimum atomic E-state index is -0.371. The lowest BCUT2D eigenvalue weighted by Gasteiger charge is -2.05. The first-order valence-corrected chi connectivity index (χ1v) is 11.5. The Hall–Kier alpha value is -3.55. The Balaban J connectivity index is 1.69. The first-order valence-electron chi connectivity index (χ1n) is 10.6. The van der Waals surface area contributed by atoms with E-state index in [1.165, 1.54) is 11.3 Å². The predicted octanol–water partition coefficient (Wildman–Crippen LogP) is 4.93. The predicted molar refractivity (Wildman–Crippen MR) is 129 cm³/mol. The fourth-order valence-corrected chi connectivity index (χ4v) is 4.58. The highest BCUT2D eigenvalue weighted by molar-refractivity contribution is 7.16. The molecule has 7 heteroatoms. The van der Waals surface area contributed by atoms with Crippen LogP contribution in [0.2, 0.25) is 0 Å². The molecule has 0 saturated heterocycles. The third-order valence-corrected chi connectivity index (χ3v) is 6.19. The number of thiazole rings is 1. The van der Waals surface area contributed by atoms with Crippen molar-refractivity contribution < 1.29 is 19.1 Å². The maximum Gasteiger partial charge on any atom is 0.338 e. The maximum atomic E-state index is 12.9. The Kier molecular flexibility index (Phi) is 7.12. The summed E-state index contributed by atoms with van der Waals surface area (Å²) >= 11 is 1.36. The van der Waals surface area contributed by atoms with E-state index in [-0.39, 0.29) is 11.9 Å². The first kappa shape index (κ1) is 22.6. The van der Waals surface area contributed by atoms with Crippen molar-refractivity contribution in [2.24, 2.45) is 4.99 Å². The molecule has 0 spiro atoms. The van der Waals surface area contributed by atoms with E-state index in [4.69, 9.17) is 9.47 Å². The normalized spacial score (nSPS) is 11.6. The van der Waals surface area contributed by atoms with Crippen LogP contribution < -0.4 is 4.80 Å². The average molecular weight is 461 g/mol. The van der Waals surface area contributed by atoms with Crippen molar-refractivity contribution >= 4 is 33.4 Å². The molecule has 4 rings (SSSR count). The van der Waals surface area contributed by atoms with E-state index in [2.05, 4.69) is 4.99 Å². The summed E-state index contributed by atoms with van der Waals surface area (Å²) in [5.74, 6) is -0.692. The largest absolute Gasteiger partial charge is 0.462 e. The van der Waals surface area contributed by atoms with Gasteiger partial charge < -0.3 is 14.0 Å². The highest BCUT2D eigenvalue weighted by Gasteiger charge is 2.13. The van der Waals surface area contributed by atoms with Crippen molar-refractivity contribution in [1.82, 2.24) is 4.57 Å². The lowest BCUT2D eigenvalue weighted by molar-refractivity contribution is 0.0526. The van der Waals surface area contributed by atoms with Crippen molar-refractivity contribution in [3.8, 4) is 11.1 Å². The molecule has 0 fully saturated rings. The summed E-state index contributed by atoms with van der Waals surface area (Å²) in [5, 5.41) is 0. The minimum absolute atomic E-state index is 0.313. The van der Waals surface area contributed by atoms with Crippen LogP contribution in [0.25, 0.3) is 21.3 Å². The lowest BCUT2D eigenvalue weighted by atomic mass is 10.0. The van der Waals surface area contributed by atoms with Crippen molar-refractivity contribution in [3.63, 3.8) is 0 Å². The molecule has 4 aromatic rings. The second-order valence-electron chi connectivity index (χ2n) is 7.29. The number of methoxy groups -OCH3 is 1. The molecule has 0 N–H and O–H groups in total. The Bertz CT molecular complexity index is 1340. The molecule has 0 atom stereocenters. The van der Waals surface area contributed by atoms with Gasteiger partial charge in [0.2, 0.25) is 0 Å². The van der Waals surface area contributed by atoms with E-state index in [1.54, 1.807) is 38.3 Å². The van der Waals surface area contributed by atoms with Gasteiger partial charge in [0.15, 0.2) is 4.80 Å². The van der Waals surface area contributed by atoms with Gasteiger partial charge >= 0.3 is 5.97 Å². The molecule has 1 aromatic heterocycles. The molecule has 168 valence electrons. The molecular formula is C26H24N2O4S. The molecule has 0 aliphatic rings. The number of esters is 1. The second-order valence-corrected chi connectivity index (χ2v) is 8.30. The third-order valence-electron chi connectivity index (χ3n) is 5.15. The standard InChI is InChI=1S/C26H24N2O4S/c1-3-32-25(30)21-13-14-22-23(17-21)33-26(28(22)15-16-31-2)27-24(29)20-11-9-19(10-12-20)18-7-5-4-6-8-18/h4-14,17H,3,15-16H2,1-2H3. The number of carbonyl (C=O) groups is 2. The number of fused-ring (bicyclic) bond motifs is 1. The van der Waals surface area contributed by atoms with Gasteiger partial charge in [-0.15, -0.1) is 0 Å². The number of ether oxygens (including phenoxy) is 2. The van der Waals surface area contributed by atoms with Crippen molar-refractivity contribution in [3.05, 3.63) is 88.7 Å². The van der Waals surface area contributed by atoms with Gasteiger partial charge in [0.05, 0.1) is 29.0 Å². The van der Waals surface area contributed by atoms with Crippen LogP contribution in [0.3, 0.4) is 0 Å². The molecule has 1 amide bonds. The Labute approximate surface area is 195 Å². The van der Waals surface area contributed by atoms with Gasteiger partial charge in [-0.05, 0) is 48.4 Å². The average Bonchev–Trinajstić information content (AvgIpc) is 3.19. The van der Waals surface area contributed by atoms with E-state index >= 15 is 0 Å². The highest BCUT2D eigenvalue weighted by atomic mass is 32.1. The summed E-state index contributed by atoms with van der Waals surface area (Å²) in [6.07, 6.45) is 0. The zero-order valence-corrected chi connectivity index (χ0v) is 19.3. The first-order chi connectivity index (χ1) is 16.1. The van der Waals surface area contributed by atoms with Crippen LogP contribution in [-0.2, 0) is 16.0 Å². The molecule has 0 saturated carbocycles. The van der Waals surface area contributed by atoms with Crippen LogP contribution in [0.15, 0.2) is 77.8 Å². The molecule has 33 heavy (non-hydrogen) atoms. The molecule has 6 nitrogen and oxygen atoms in total. The quantitative estimate of drug-likeness (QED) is 0.367. The zero-order chi connectivity index (χ0) is 23.2. The lowest BCUT2D eigenvalue weighted by Crippen LogP contribution is -2.19. The third kappa shape index (κ3) is 5.10. The van der Waals surface area contributed by atoms with Gasteiger partial charge in [0.25, 0.3) is 5.91 Å². The van der Waals surface area contributed by atoms with Crippen LogP contribution in [0.1, 0.15) is 27.6 Å². The number of rotatable bonds is 7. The molecule has 0 radical (unpaired) electrons. The molecule has 3 aromatic carbocycles. The van der Waals surface area contributed by atoms with E-state index in [0.717, 1.165) is 21.3 Å². The van der Waals surface area contributed by atoms with Crippen molar-refractivity contribution in [2.75, 3.05) is 20.3 Å². The van der Waals surface area contributed by atoms with Gasteiger partial charge in [-0.2, -0.15) is 4.99 Å². The number of benzene rings is 3. The van der Waals surface area contributed by atoms with Crippen LogP contribution in [0.5, 0.6) is 0 Å². The molecular weight excluding hydrogens is 436 g/mol. The number of hydrogen-bond acceptors (Lipinski definition) is 5. The van der Waals surface area contributed by atoms with E-state index in [9.17, 15) is 9.59 Å². The van der Waals surface area contributed by atoms with Crippen LogP contribution in [-0.4, -0.2) is 36.8 Å². The summed E-state index contributed by atoms with van der Waals surface area (Å²) in [4.78, 5) is 30.0. The molecule has 0 unspecified atom stereocenters. The van der Waals surface area contributed by atoms with Crippen LogP contribution >= 0.6 is 11.3 Å². The molecule has 0 aliphatic carbocycles. The van der Waals surface area contributed by atoms with Gasteiger partial charge in [-0.3, -0.25) is 4.79 Å². The van der Waals surface area contributed by atoms with Gasteiger partial charge in [0.1, 0.15) is 0 Å². The molecule has 0 aliphatic heterocycles. The van der Waals surface area contributed by atoms with E-state index in [0.29, 0.717) is 35.7 Å². The van der Waals surface area contributed by atoms with Crippen molar-refractivity contribution in [2.45, 2.75) is 13.5 Å². The number of carbonyl (C=O) groups excluding carboxylic acids is 2. The zero-order valence-electron chi connectivity index (χ0n) is 18.5. The topological polar surface area (TPSA) is 69.9 Å². The maximum absolute atomic E-state index is 12.9. The van der Waals surface area contributed by atoms with Gasteiger partial charge in [-0.25, -0.2) is 4.79 Å².